The first-order chi connectivity index (χ1) is 9.51. The molecule has 3 nitrogen and oxygen atoms in total. The first-order valence-corrected chi connectivity index (χ1v) is 8.04. The fraction of sp³-hybridized carbons (Fsp3) is 0.562. The van der Waals surface area contributed by atoms with Crippen LogP contribution >= 0.6 is 15.9 Å². The Kier molecular flexibility index (Phi) is 7.85. The Morgan fingerprint density at radius 2 is 1.90 bits per heavy atom. The van der Waals surface area contributed by atoms with Crippen molar-refractivity contribution >= 4 is 21.8 Å². The molecule has 0 fully saturated rings. The number of nitrogens with two attached hydrogens (primary N) is 1. The lowest BCUT2D eigenvalue weighted by Crippen LogP contribution is -2.34. The van der Waals surface area contributed by atoms with Gasteiger partial charge in [0.25, 0.3) is 0 Å². The van der Waals surface area contributed by atoms with Crippen LogP contribution < -0.4 is 11.1 Å². The molecule has 2 atom stereocenters. The summed E-state index contributed by atoms with van der Waals surface area (Å²) >= 11 is 3.42. The van der Waals surface area contributed by atoms with Crippen molar-refractivity contribution in [2.45, 2.75) is 45.6 Å². The van der Waals surface area contributed by atoms with Gasteiger partial charge in [-0.2, -0.15) is 0 Å². The number of halogens is 1. The molecular weight excluding hydrogens is 316 g/mol. The highest BCUT2D eigenvalue weighted by molar-refractivity contribution is 9.10. The number of hydrogen-bond acceptors (Lipinski definition) is 2. The molecule has 0 aliphatic rings. The van der Waals surface area contributed by atoms with Crippen LogP contribution in [0.25, 0.3) is 0 Å². The van der Waals surface area contributed by atoms with Crippen molar-refractivity contribution in [3.63, 3.8) is 0 Å². The summed E-state index contributed by atoms with van der Waals surface area (Å²) in [5.74, 6) is 0.658. The highest BCUT2D eigenvalue weighted by atomic mass is 79.9. The molecule has 4 heteroatoms. The Hall–Kier alpha value is -0.870. The van der Waals surface area contributed by atoms with E-state index < -0.39 is 0 Å². The van der Waals surface area contributed by atoms with Gasteiger partial charge in [-0.3, -0.25) is 4.79 Å². The van der Waals surface area contributed by atoms with E-state index in [0.29, 0.717) is 18.9 Å². The summed E-state index contributed by atoms with van der Waals surface area (Å²) in [6.07, 6.45) is 3.35. The van der Waals surface area contributed by atoms with Crippen molar-refractivity contribution in [1.82, 2.24) is 5.32 Å². The quantitative estimate of drug-likeness (QED) is 0.763. The van der Waals surface area contributed by atoms with Gasteiger partial charge in [0.1, 0.15) is 0 Å². The Bertz CT molecular complexity index is 405. The summed E-state index contributed by atoms with van der Waals surface area (Å²) in [6, 6.07) is 8.37. The second kappa shape index (κ2) is 9.14. The predicted octanol–water partition coefficient (Wildman–Crippen LogP) is 3.26. The maximum absolute atomic E-state index is 11.9. The molecule has 20 heavy (non-hydrogen) atoms. The summed E-state index contributed by atoms with van der Waals surface area (Å²) in [5.41, 5.74) is 6.74. The summed E-state index contributed by atoms with van der Waals surface area (Å²) < 4.78 is 1.08. The Balaban J connectivity index is 2.29. The summed E-state index contributed by atoms with van der Waals surface area (Å²) in [7, 11) is 0. The number of hydrogen-bond donors (Lipinski definition) is 2. The van der Waals surface area contributed by atoms with E-state index in [0.717, 1.165) is 23.7 Å². The van der Waals surface area contributed by atoms with Gasteiger partial charge < -0.3 is 11.1 Å². The zero-order valence-electron chi connectivity index (χ0n) is 12.4. The van der Waals surface area contributed by atoms with E-state index >= 15 is 0 Å². The first-order valence-electron chi connectivity index (χ1n) is 7.25. The molecule has 0 aliphatic heterocycles. The third-order valence-corrected chi connectivity index (χ3v) is 3.91. The van der Waals surface area contributed by atoms with E-state index in [9.17, 15) is 4.79 Å². The zero-order chi connectivity index (χ0) is 15.0. The van der Waals surface area contributed by atoms with E-state index in [2.05, 4.69) is 40.3 Å². The van der Waals surface area contributed by atoms with Crippen LogP contribution in [-0.2, 0) is 11.2 Å². The molecule has 0 aromatic heterocycles. The molecule has 1 aromatic rings. The summed E-state index contributed by atoms with van der Waals surface area (Å²) in [5, 5.41) is 3.06. The second-order valence-electron chi connectivity index (χ2n) is 5.52. The highest BCUT2D eigenvalue weighted by Crippen LogP contribution is 2.12. The fourth-order valence-corrected chi connectivity index (χ4v) is 2.44. The van der Waals surface area contributed by atoms with Crippen molar-refractivity contribution in [2.75, 3.05) is 6.54 Å². The van der Waals surface area contributed by atoms with Gasteiger partial charge in [0.15, 0.2) is 0 Å². The minimum Gasteiger partial charge on any atom is -0.353 e. The largest absolute Gasteiger partial charge is 0.353 e. The van der Waals surface area contributed by atoms with Crippen LogP contribution in [0.4, 0.5) is 0 Å². The minimum absolute atomic E-state index is 0.137. The lowest BCUT2D eigenvalue weighted by Gasteiger charge is -2.15. The maximum atomic E-state index is 11.9. The molecule has 0 bridgehead atoms. The predicted molar refractivity (Wildman–Crippen MR) is 87.5 cm³/mol. The molecule has 0 spiro atoms. The maximum Gasteiger partial charge on any atom is 0.220 e. The van der Waals surface area contributed by atoms with Gasteiger partial charge in [0.05, 0.1) is 0 Å². The number of nitrogens with one attached hydrogen (secondary N) is 1. The van der Waals surface area contributed by atoms with Crippen LogP contribution in [0.1, 0.15) is 38.7 Å². The molecule has 0 saturated carbocycles. The van der Waals surface area contributed by atoms with Gasteiger partial charge in [-0.25, -0.2) is 0 Å². The highest BCUT2D eigenvalue weighted by Gasteiger charge is 2.10. The molecule has 1 rings (SSSR count). The molecule has 2 unspecified atom stereocenters. The third-order valence-electron chi connectivity index (χ3n) is 3.39. The van der Waals surface area contributed by atoms with Crippen LogP contribution in [0.2, 0.25) is 0 Å². The van der Waals surface area contributed by atoms with Crippen molar-refractivity contribution in [3.8, 4) is 0 Å². The van der Waals surface area contributed by atoms with Crippen LogP contribution in [0, 0.1) is 5.92 Å². The number of carbonyl (C=O) groups is 1. The normalized spacial score (nSPS) is 13.8. The third kappa shape index (κ3) is 7.06. The van der Waals surface area contributed by atoms with Crippen LogP contribution in [0.5, 0.6) is 0 Å². The Morgan fingerprint density at radius 1 is 1.25 bits per heavy atom. The first kappa shape index (κ1) is 17.2. The molecule has 1 amide bonds. The van der Waals surface area contributed by atoms with Crippen molar-refractivity contribution < 1.29 is 4.79 Å². The van der Waals surface area contributed by atoms with Crippen molar-refractivity contribution in [3.05, 3.63) is 34.3 Å². The summed E-state index contributed by atoms with van der Waals surface area (Å²) in [4.78, 5) is 11.9. The number of benzene rings is 1. The SMILES string of the molecule is CC(CCN)CCC(=O)NC(C)Cc1ccc(Br)cc1. The van der Waals surface area contributed by atoms with Crippen LogP contribution in [0.3, 0.4) is 0 Å². The standard InChI is InChI=1S/C16H25BrN2O/c1-12(9-10-18)3-8-16(20)19-13(2)11-14-4-6-15(17)7-5-14/h4-7,12-13H,3,8-11,18H2,1-2H3,(H,19,20). The molecular formula is C16H25BrN2O. The fourth-order valence-electron chi connectivity index (χ4n) is 2.18. The number of carbonyl (C=O) groups excluding carboxylic acids is 1. The Morgan fingerprint density at radius 3 is 2.50 bits per heavy atom. The topological polar surface area (TPSA) is 55.1 Å². The number of rotatable bonds is 8. The van der Waals surface area contributed by atoms with Crippen LogP contribution in [0.15, 0.2) is 28.7 Å². The van der Waals surface area contributed by atoms with Gasteiger partial charge in [-0.15, -0.1) is 0 Å². The van der Waals surface area contributed by atoms with Gasteiger partial charge >= 0.3 is 0 Å². The van der Waals surface area contributed by atoms with Gasteiger partial charge in [-0.1, -0.05) is 35.0 Å². The molecule has 0 heterocycles. The smallest absolute Gasteiger partial charge is 0.220 e. The van der Waals surface area contributed by atoms with Gasteiger partial charge in [0, 0.05) is 16.9 Å². The van der Waals surface area contributed by atoms with E-state index in [1.807, 2.05) is 19.1 Å². The zero-order valence-corrected chi connectivity index (χ0v) is 13.9. The van der Waals surface area contributed by atoms with Gasteiger partial charge in [0.2, 0.25) is 5.91 Å². The molecule has 0 aliphatic carbocycles. The Labute approximate surface area is 130 Å². The average Bonchev–Trinajstić information content (AvgIpc) is 2.39. The average molecular weight is 341 g/mol. The monoisotopic (exact) mass is 340 g/mol. The molecule has 1 aromatic carbocycles. The van der Waals surface area contributed by atoms with E-state index in [4.69, 9.17) is 5.73 Å². The van der Waals surface area contributed by atoms with Crippen molar-refractivity contribution in [2.24, 2.45) is 11.7 Å². The molecule has 112 valence electrons. The minimum atomic E-state index is 0.137. The second-order valence-corrected chi connectivity index (χ2v) is 6.44. The number of amides is 1. The molecule has 3 N–H and O–H groups in total. The lowest BCUT2D eigenvalue weighted by molar-refractivity contribution is -0.121. The molecule has 0 radical (unpaired) electrons. The van der Waals surface area contributed by atoms with E-state index in [1.165, 1.54) is 5.56 Å². The van der Waals surface area contributed by atoms with Gasteiger partial charge in [-0.05, 0) is 56.3 Å². The van der Waals surface area contributed by atoms with Crippen molar-refractivity contribution in [1.29, 1.82) is 0 Å². The lowest BCUT2D eigenvalue weighted by atomic mass is 10.0. The molecule has 0 saturated heterocycles. The summed E-state index contributed by atoms with van der Waals surface area (Å²) in [6.45, 7) is 4.89. The van der Waals surface area contributed by atoms with E-state index in [1.54, 1.807) is 0 Å². The van der Waals surface area contributed by atoms with Crippen LogP contribution in [-0.4, -0.2) is 18.5 Å². The van der Waals surface area contributed by atoms with E-state index in [-0.39, 0.29) is 11.9 Å².